The summed E-state index contributed by atoms with van der Waals surface area (Å²) in [6, 6.07) is 5.60. The molecule has 1 aromatic rings. The number of pyridine rings is 1. The number of carbonyl (C=O) groups is 1. The maximum absolute atomic E-state index is 11.0. The molecule has 17 heavy (non-hydrogen) atoms. The first-order valence-electron chi connectivity index (χ1n) is 5.46. The van der Waals surface area contributed by atoms with Crippen molar-refractivity contribution in [3.8, 4) is 6.07 Å². The number of carboxylic acid groups (broad SMARTS) is 1. The van der Waals surface area contributed by atoms with Gasteiger partial charge in [0.15, 0.2) is 5.69 Å². The minimum atomic E-state index is -0.776. The third-order valence-corrected chi connectivity index (χ3v) is 3.16. The Morgan fingerprint density at radius 2 is 2.41 bits per heavy atom. The lowest BCUT2D eigenvalue weighted by Crippen LogP contribution is -2.23. The number of rotatable bonds is 2. The molecule has 1 aromatic heterocycles. The summed E-state index contributed by atoms with van der Waals surface area (Å²) in [4.78, 5) is 16.9. The van der Waals surface area contributed by atoms with Gasteiger partial charge >= 0.3 is 5.97 Å². The van der Waals surface area contributed by atoms with Gasteiger partial charge in [-0.25, -0.2) is 4.98 Å². The van der Waals surface area contributed by atoms with E-state index in [1.807, 2.05) is 24.0 Å². The average Bonchev–Trinajstić information content (AvgIpc) is 2.71. The van der Waals surface area contributed by atoms with Crippen LogP contribution in [-0.4, -0.2) is 29.1 Å². The van der Waals surface area contributed by atoms with Crippen LogP contribution in [0.4, 0.5) is 5.69 Å². The minimum Gasteiger partial charge on any atom is -0.481 e. The number of carboxylic acids is 1. The average molecular weight is 231 g/mol. The summed E-state index contributed by atoms with van der Waals surface area (Å²) in [5.74, 6) is -1.07. The van der Waals surface area contributed by atoms with E-state index >= 15 is 0 Å². The first kappa shape index (κ1) is 11.4. The van der Waals surface area contributed by atoms with Gasteiger partial charge < -0.3 is 10.0 Å². The first-order valence-corrected chi connectivity index (χ1v) is 5.46. The van der Waals surface area contributed by atoms with Crippen molar-refractivity contribution < 1.29 is 9.90 Å². The zero-order chi connectivity index (χ0) is 12.4. The summed E-state index contributed by atoms with van der Waals surface area (Å²) in [6.07, 6.45) is 1.57. The van der Waals surface area contributed by atoms with Gasteiger partial charge in [0.1, 0.15) is 6.07 Å². The van der Waals surface area contributed by atoms with Crippen molar-refractivity contribution in [3.63, 3.8) is 0 Å². The first-order chi connectivity index (χ1) is 8.13. The van der Waals surface area contributed by atoms with Crippen molar-refractivity contribution in [2.45, 2.75) is 6.92 Å². The molecule has 1 saturated heterocycles. The molecule has 0 aliphatic carbocycles. The zero-order valence-electron chi connectivity index (χ0n) is 9.50. The molecular weight excluding hydrogens is 218 g/mol. The predicted molar refractivity (Wildman–Crippen MR) is 61.5 cm³/mol. The van der Waals surface area contributed by atoms with Crippen molar-refractivity contribution in [2.24, 2.45) is 11.8 Å². The van der Waals surface area contributed by atoms with Crippen molar-refractivity contribution in [1.29, 1.82) is 5.26 Å². The van der Waals surface area contributed by atoms with Crippen LogP contribution in [0.3, 0.4) is 0 Å². The molecule has 1 fully saturated rings. The Kier molecular flexibility index (Phi) is 2.96. The smallest absolute Gasteiger partial charge is 0.308 e. The Morgan fingerprint density at radius 3 is 3.00 bits per heavy atom. The Morgan fingerprint density at radius 1 is 1.65 bits per heavy atom. The molecule has 0 amide bonds. The quantitative estimate of drug-likeness (QED) is 0.825. The van der Waals surface area contributed by atoms with Crippen molar-refractivity contribution in [2.75, 3.05) is 18.0 Å². The van der Waals surface area contributed by atoms with Gasteiger partial charge in [0.25, 0.3) is 0 Å². The lowest BCUT2D eigenvalue weighted by Gasteiger charge is -2.18. The van der Waals surface area contributed by atoms with E-state index in [1.54, 1.807) is 12.3 Å². The fourth-order valence-corrected chi connectivity index (χ4v) is 2.22. The molecule has 5 heteroatoms. The number of anilines is 1. The fraction of sp³-hybridized carbons (Fsp3) is 0.417. The van der Waals surface area contributed by atoms with E-state index in [0.717, 1.165) is 5.69 Å². The lowest BCUT2D eigenvalue weighted by atomic mass is 9.99. The Bertz CT molecular complexity index is 481. The van der Waals surface area contributed by atoms with Gasteiger partial charge in [-0.1, -0.05) is 6.92 Å². The summed E-state index contributed by atoms with van der Waals surface area (Å²) in [7, 11) is 0. The van der Waals surface area contributed by atoms with Crippen LogP contribution in [-0.2, 0) is 4.79 Å². The highest BCUT2D eigenvalue weighted by atomic mass is 16.4. The molecule has 0 radical (unpaired) electrons. The van der Waals surface area contributed by atoms with Gasteiger partial charge in [0.2, 0.25) is 0 Å². The van der Waals surface area contributed by atoms with Gasteiger partial charge in [-0.15, -0.1) is 0 Å². The fourth-order valence-electron chi connectivity index (χ4n) is 2.22. The standard InChI is InChI=1S/C12H13N3O2/c1-8-6-15(7-9(8)12(16)17)11-3-2-4-14-10(11)5-13/h2-4,8-9H,6-7H2,1H3,(H,16,17)/t8-,9-/m1/s1. The monoisotopic (exact) mass is 231 g/mol. The van der Waals surface area contributed by atoms with Gasteiger partial charge in [-0.2, -0.15) is 5.26 Å². The van der Waals surface area contributed by atoms with Gasteiger partial charge in [0.05, 0.1) is 11.6 Å². The molecule has 2 atom stereocenters. The molecule has 88 valence electrons. The maximum atomic E-state index is 11.0. The van der Waals surface area contributed by atoms with E-state index in [-0.39, 0.29) is 11.8 Å². The Hall–Kier alpha value is -2.09. The molecule has 1 aliphatic heterocycles. The number of aliphatic carboxylic acids is 1. The topological polar surface area (TPSA) is 77.2 Å². The molecule has 1 N–H and O–H groups in total. The van der Waals surface area contributed by atoms with Crippen molar-refractivity contribution >= 4 is 11.7 Å². The molecule has 0 bridgehead atoms. The minimum absolute atomic E-state index is 0.0826. The van der Waals surface area contributed by atoms with E-state index in [1.165, 1.54) is 0 Å². The van der Waals surface area contributed by atoms with E-state index in [9.17, 15) is 4.79 Å². The third-order valence-electron chi connectivity index (χ3n) is 3.16. The third kappa shape index (κ3) is 2.07. The molecule has 5 nitrogen and oxygen atoms in total. The van der Waals surface area contributed by atoms with Crippen LogP contribution in [0.15, 0.2) is 18.3 Å². The summed E-state index contributed by atoms with van der Waals surface area (Å²) in [6.45, 7) is 3.01. The maximum Gasteiger partial charge on any atom is 0.308 e. The second-order valence-corrected chi connectivity index (χ2v) is 4.31. The number of hydrogen-bond acceptors (Lipinski definition) is 4. The Balaban J connectivity index is 2.26. The molecular formula is C12H13N3O2. The van der Waals surface area contributed by atoms with Crippen LogP contribution in [0, 0.1) is 23.2 Å². The molecule has 2 rings (SSSR count). The molecule has 0 saturated carbocycles. The zero-order valence-corrected chi connectivity index (χ0v) is 9.50. The van der Waals surface area contributed by atoms with Gasteiger partial charge in [-0.05, 0) is 18.1 Å². The summed E-state index contributed by atoms with van der Waals surface area (Å²) in [5, 5.41) is 18.0. The molecule has 0 unspecified atom stereocenters. The van der Waals surface area contributed by atoms with E-state index in [0.29, 0.717) is 18.8 Å². The highest BCUT2D eigenvalue weighted by Gasteiger charge is 2.35. The van der Waals surface area contributed by atoms with Gasteiger partial charge in [-0.3, -0.25) is 4.79 Å². The molecule has 1 aliphatic rings. The highest BCUT2D eigenvalue weighted by Crippen LogP contribution is 2.29. The van der Waals surface area contributed by atoms with Crippen LogP contribution in [0.2, 0.25) is 0 Å². The molecule has 0 spiro atoms. The largest absolute Gasteiger partial charge is 0.481 e. The van der Waals surface area contributed by atoms with Crippen LogP contribution in [0.25, 0.3) is 0 Å². The highest BCUT2D eigenvalue weighted by molar-refractivity contribution is 5.73. The second-order valence-electron chi connectivity index (χ2n) is 4.31. The number of nitriles is 1. The second kappa shape index (κ2) is 4.42. The summed E-state index contributed by atoms with van der Waals surface area (Å²) in [5.41, 5.74) is 1.08. The Labute approximate surface area is 99.3 Å². The van der Waals surface area contributed by atoms with E-state index < -0.39 is 5.97 Å². The van der Waals surface area contributed by atoms with Crippen LogP contribution in [0.1, 0.15) is 12.6 Å². The molecule has 2 heterocycles. The summed E-state index contributed by atoms with van der Waals surface area (Å²) < 4.78 is 0. The number of nitrogens with zero attached hydrogens (tertiary/aromatic N) is 3. The predicted octanol–water partition coefficient (Wildman–Crippen LogP) is 1.11. The van der Waals surface area contributed by atoms with Crippen molar-refractivity contribution in [3.05, 3.63) is 24.0 Å². The van der Waals surface area contributed by atoms with Gasteiger partial charge in [0, 0.05) is 19.3 Å². The SMILES string of the molecule is C[C@@H]1CN(c2cccnc2C#N)C[C@H]1C(=O)O. The van der Waals surface area contributed by atoms with Crippen LogP contribution < -0.4 is 4.90 Å². The summed E-state index contributed by atoms with van der Waals surface area (Å²) >= 11 is 0. The van der Waals surface area contributed by atoms with Crippen molar-refractivity contribution in [1.82, 2.24) is 4.98 Å². The lowest BCUT2D eigenvalue weighted by molar-refractivity contribution is -0.142. The van der Waals surface area contributed by atoms with Crippen LogP contribution in [0.5, 0.6) is 0 Å². The van der Waals surface area contributed by atoms with E-state index in [4.69, 9.17) is 10.4 Å². The number of hydrogen-bond donors (Lipinski definition) is 1. The number of aromatic nitrogens is 1. The molecule has 0 aromatic carbocycles. The van der Waals surface area contributed by atoms with Crippen LogP contribution >= 0.6 is 0 Å². The van der Waals surface area contributed by atoms with E-state index in [2.05, 4.69) is 4.98 Å². The normalized spacial score (nSPS) is 23.4.